The zero-order valence-electron chi connectivity index (χ0n) is 13.7. The van der Waals surface area contributed by atoms with E-state index in [1.54, 1.807) is 4.90 Å². The Labute approximate surface area is 137 Å². The lowest BCUT2D eigenvalue weighted by Crippen LogP contribution is -2.28. The Morgan fingerprint density at radius 1 is 1.17 bits per heavy atom. The van der Waals surface area contributed by atoms with Gasteiger partial charge in [0.25, 0.3) is 5.91 Å². The highest BCUT2D eigenvalue weighted by atomic mass is 16.2. The van der Waals surface area contributed by atoms with E-state index in [0.717, 1.165) is 24.5 Å². The van der Waals surface area contributed by atoms with Gasteiger partial charge in [-0.2, -0.15) is 0 Å². The Balaban J connectivity index is 1.78. The fourth-order valence-electron chi connectivity index (χ4n) is 2.89. The fourth-order valence-corrected chi connectivity index (χ4v) is 2.89. The summed E-state index contributed by atoms with van der Waals surface area (Å²) in [5.41, 5.74) is 1.58. The molecule has 1 aliphatic rings. The van der Waals surface area contributed by atoms with E-state index in [4.69, 9.17) is 0 Å². The monoisotopic (exact) mass is 310 g/mol. The highest BCUT2D eigenvalue weighted by Gasteiger charge is 2.19. The van der Waals surface area contributed by atoms with Gasteiger partial charge >= 0.3 is 0 Å². The van der Waals surface area contributed by atoms with Crippen molar-refractivity contribution in [2.45, 2.75) is 26.3 Å². The second-order valence-corrected chi connectivity index (χ2v) is 6.00. The van der Waals surface area contributed by atoms with Crippen LogP contribution in [0.4, 0.5) is 5.82 Å². The molecule has 1 aliphatic heterocycles. The number of carbonyl (C=O) groups is 1. The van der Waals surface area contributed by atoms with Crippen molar-refractivity contribution in [3.63, 3.8) is 0 Å². The topological polar surface area (TPSA) is 49.3 Å². The lowest BCUT2D eigenvalue weighted by Gasteiger charge is -2.20. The molecule has 1 aromatic carbocycles. The molecule has 3 rings (SSSR count). The van der Waals surface area contributed by atoms with Crippen LogP contribution in [0.3, 0.4) is 0 Å². The molecule has 0 spiro atoms. The normalized spacial score (nSPS) is 14.1. The molecule has 0 radical (unpaired) electrons. The Bertz CT molecular complexity index is 681. The summed E-state index contributed by atoms with van der Waals surface area (Å²) >= 11 is 0. The van der Waals surface area contributed by atoms with Crippen LogP contribution in [-0.4, -0.2) is 40.9 Å². The minimum Gasteiger partial charge on any atom is -0.356 e. The highest BCUT2D eigenvalue weighted by Crippen LogP contribution is 2.19. The molecule has 5 heteroatoms. The average Bonchev–Trinajstić information content (AvgIpc) is 3.09. The molecule has 1 fully saturated rings. The van der Waals surface area contributed by atoms with Crippen molar-refractivity contribution in [1.82, 2.24) is 14.9 Å². The van der Waals surface area contributed by atoms with E-state index in [1.807, 2.05) is 50.4 Å². The Kier molecular flexibility index (Phi) is 4.55. The third-order valence-corrected chi connectivity index (χ3v) is 4.08. The van der Waals surface area contributed by atoms with Crippen LogP contribution >= 0.6 is 0 Å². The zero-order valence-corrected chi connectivity index (χ0v) is 13.7. The van der Waals surface area contributed by atoms with Crippen molar-refractivity contribution < 1.29 is 4.79 Å². The summed E-state index contributed by atoms with van der Waals surface area (Å²) in [6, 6.07) is 11.8. The lowest BCUT2D eigenvalue weighted by molar-refractivity contribution is 0.0779. The first-order valence-electron chi connectivity index (χ1n) is 8.03. The van der Waals surface area contributed by atoms with Gasteiger partial charge in [-0.05, 0) is 25.3 Å². The molecule has 0 N–H and O–H groups in total. The number of nitrogens with zero attached hydrogens (tertiary/aromatic N) is 4. The first-order valence-corrected chi connectivity index (χ1v) is 8.03. The van der Waals surface area contributed by atoms with Gasteiger partial charge < -0.3 is 9.80 Å². The fraction of sp³-hybridized carbons (Fsp3) is 0.389. The van der Waals surface area contributed by atoms with Gasteiger partial charge in [0.15, 0.2) is 0 Å². The van der Waals surface area contributed by atoms with Crippen molar-refractivity contribution in [1.29, 1.82) is 0 Å². The van der Waals surface area contributed by atoms with E-state index in [-0.39, 0.29) is 5.91 Å². The number of aromatic nitrogens is 2. The molecule has 0 atom stereocenters. The number of hydrogen-bond acceptors (Lipinski definition) is 4. The van der Waals surface area contributed by atoms with Crippen LogP contribution in [0.2, 0.25) is 0 Å². The smallest absolute Gasteiger partial charge is 0.272 e. The summed E-state index contributed by atoms with van der Waals surface area (Å²) in [6.45, 7) is 4.42. The summed E-state index contributed by atoms with van der Waals surface area (Å²) in [7, 11) is 1.81. The Morgan fingerprint density at radius 3 is 2.57 bits per heavy atom. The van der Waals surface area contributed by atoms with Gasteiger partial charge in [-0.25, -0.2) is 9.97 Å². The average molecular weight is 310 g/mol. The highest BCUT2D eigenvalue weighted by molar-refractivity contribution is 5.92. The third-order valence-electron chi connectivity index (χ3n) is 4.08. The first kappa shape index (κ1) is 15.5. The SMILES string of the molecule is Cc1nc(C(=O)N(C)Cc2ccccc2)cc(N2CCCC2)n1. The molecular weight excluding hydrogens is 288 g/mol. The van der Waals surface area contributed by atoms with Crippen LogP contribution in [0.15, 0.2) is 36.4 Å². The number of amides is 1. The van der Waals surface area contributed by atoms with Crippen molar-refractivity contribution >= 4 is 11.7 Å². The maximum atomic E-state index is 12.7. The van der Waals surface area contributed by atoms with Gasteiger partial charge in [-0.15, -0.1) is 0 Å². The van der Waals surface area contributed by atoms with Crippen molar-refractivity contribution in [2.75, 3.05) is 25.0 Å². The van der Waals surface area contributed by atoms with Crippen LogP contribution in [0, 0.1) is 6.92 Å². The van der Waals surface area contributed by atoms with E-state index in [1.165, 1.54) is 12.8 Å². The van der Waals surface area contributed by atoms with Crippen LogP contribution in [0.25, 0.3) is 0 Å². The second-order valence-electron chi connectivity index (χ2n) is 6.00. The largest absolute Gasteiger partial charge is 0.356 e. The molecule has 2 aromatic rings. The zero-order chi connectivity index (χ0) is 16.2. The number of hydrogen-bond donors (Lipinski definition) is 0. The maximum Gasteiger partial charge on any atom is 0.272 e. The molecule has 5 nitrogen and oxygen atoms in total. The number of benzene rings is 1. The predicted molar refractivity (Wildman–Crippen MR) is 90.5 cm³/mol. The molecule has 23 heavy (non-hydrogen) atoms. The molecule has 1 aromatic heterocycles. The molecule has 2 heterocycles. The predicted octanol–water partition coefficient (Wildman–Crippen LogP) is 2.66. The van der Waals surface area contributed by atoms with Crippen LogP contribution in [0.5, 0.6) is 0 Å². The van der Waals surface area contributed by atoms with E-state index in [2.05, 4.69) is 14.9 Å². The minimum atomic E-state index is -0.0696. The van der Waals surface area contributed by atoms with Crippen LogP contribution in [0.1, 0.15) is 34.7 Å². The molecule has 0 saturated carbocycles. The second kappa shape index (κ2) is 6.77. The number of anilines is 1. The number of rotatable bonds is 4. The van der Waals surface area contributed by atoms with Crippen molar-refractivity contribution in [2.24, 2.45) is 0 Å². The summed E-state index contributed by atoms with van der Waals surface area (Å²) < 4.78 is 0. The van der Waals surface area contributed by atoms with E-state index >= 15 is 0 Å². The maximum absolute atomic E-state index is 12.7. The quantitative estimate of drug-likeness (QED) is 0.871. The molecular formula is C18H22N4O. The van der Waals surface area contributed by atoms with Gasteiger partial charge in [0.05, 0.1) is 0 Å². The summed E-state index contributed by atoms with van der Waals surface area (Å²) in [6.07, 6.45) is 2.36. The first-order chi connectivity index (χ1) is 11.1. The summed E-state index contributed by atoms with van der Waals surface area (Å²) in [5, 5.41) is 0. The van der Waals surface area contributed by atoms with Gasteiger partial charge in [0.2, 0.25) is 0 Å². The number of aryl methyl sites for hydroxylation is 1. The molecule has 0 aliphatic carbocycles. The Hall–Kier alpha value is -2.43. The van der Waals surface area contributed by atoms with Crippen LogP contribution in [-0.2, 0) is 6.54 Å². The van der Waals surface area contributed by atoms with Crippen molar-refractivity contribution in [3.8, 4) is 0 Å². The van der Waals surface area contributed by atoms with E-state index in [9.17, 15) is 4.79 Å². The van der Waals surface area contributed by atoms with Gasteiger partial charge in [-0.3, -0.25) is 4.79 Å². The van der Waals surface area contributed by atoms with E-state index in [0.29, 0.717) is 18.1 Å². The van der Waals surface area contributed by atoms with Gasteiger partial charge in [-0.1, -0.05) is 30.3 Å². The lowest BCUT2D eigenvalue weighted by atomic mass is 10.2. The molecule has 0 bridgehead atoms. The van der Waals surface area contributed by atoms with Crippen molar-refractivity contribution in [3.05, 3.63) is 53.5 Å². The van der Waals surface area contributed by atoms with E-state index < -0.39 is 0 Å². The number of carbonyl (C=O) groups excluding carboxylic acids is 1. The van der Waals surface area contributed by atoms with Crippen LogP contribution < -0.4 is 4.90 Å². The molecule has 1 amide bonds. The molecule has 120 valence electrons. The van der Waals surface area contributed by atoms with Gasteiger partial charge in [0.1, 0.15) is 17.3 Å². The Morgan fingerprint density at radius 2 is 1.87 bits per heavy atom. The standard InChI is InChI=1S/C18H22N4O/c1-14-19-16(12-17(20-14)22-10-6-7-11-22)18(23)21(2)13-15-8-4-3-5-9-15/h3-5,8-9,12H,6-7,10-11,13H2,1-2H3. The minimum absolute atomic E-state index is 0.0696. The molecule has 0 unspecified atom stereocenters. The van der Waals surface area contributed by atoms with Gasteiger partial charge in [0, 0.05) is 32.7 Å². The molecule has 1 saturated heterocycles. The summed E-state index contributed by atoms with van der Waals surface area (Å²) in [4.78, 5) is 25.4. The third kappa shape index (κ3) is 3.67. The summed E-state index contributed by atoms with van der Waals surface area (Å²) in [5.74, 6) is 1.44.